The lowest BCUT2D eigenvalue weighted by Gasteiger charge is -2.41. The molecule has 0 saturated heterocycles. The van der Waals surface area contributed by atoms with E-state index in [1.54, 1.807) is 31.3 Å². The van der Waals surface area contributed by atoms with Gasteiger partial charge >= 0.3 is 6.03 Å². The van der Waals surface area contributed by atoms with Crippen molar-refractivity contribution in [3.05, 3.63) is 47.4 Å². The number of methoxy groups -OCH3 is 2. The highest BCUT2D eigenvalue weighted by atomic mass is 16.5. The Morgan fingerprint density at radius 1 is 1.23 bits per heavy atom. The second-order valence-electron chi connectivity index (χ2n) is 7.49. The van der Waals surface area contributed by atoms with E-state index < -0.39 is 0 Å². The van der Waals surface area contributed by atoms with E-state index in [4.69, 9.17) is 13.9 Å². The van der Waals surface area contributed by atoms with E-state index >= 15 is 0 Å². The minimum atomic E-state index is -0.357. The Morgan fingerprint density at radius 2 is 1.97 bits per heavy atom. The minimum absolute atomic E-state index is 0.141. The van der Waals surface area contributed by atoms with Crippen LogP contribution in [0, 0.1) is 0 Å². The van der Waals surface area contributed by atoms with Crippen LogP contribution in [0.3, 0.4) is 0 Å². The van der Waals surface area contributed by atoms with Gasteiger partial charge in [0.15, 0.2) is 17.3 Å². The molecule has 8 nitrogen and oxygen atoms in total. The number of carbonyl (C=O) groups is 2. The number of ether oxygens (including phenoxy) is 2. The summed E-state index contributed by atoms with van der Waals surface area (Å²) in [6.45, 7) is 5.13. The predicted molar refractivity (Wildman–Crippen MR) is 117 cm³/mol. The lowest BCUT2D eigenvalue weighted by atomic mass is 9.86. The van der Waals surface area contributed by atoms with Gasteiger partial charge in [-0.15, -0.1) is 0 Å². The molecule has 2 aromatic rings. The van der Waals surface area contributed by atoms with E-state index in [2.05, 4.69) is 10.6 Å². The summed E-state index contributed by atoms with van der Waals surface area (Å²) in [6.07, 6.45) is 3.63. The molecule has 2 atom stereocenters. The Kier molecular flexibility index (Phi) is 7.44. The molecule has 1 aromatic heterocycles. The summed E-state index contributed by atoms with van der Waals surface area (Å²) in [6, 6.07) is 6.36. The molecule has 0 radical (unpaired) electrons. The Labute approximate surface area is 182 Å². The van der Waals surface area contributed by atoms with Crippen molar-refractivity contribution in [1.29, 1.82) is 0 Å². The molecule has 8 heteroatoms. The fraction of sp³-hybridized carbons (Fsp3) is 0.478. The van der Waals surface area contributed by atoms with E-state index in [-0.39, 0.29) is 29.8 Å². The molecule has 2 heterocycles. The first-order valence-corrected chi connectivity index (χ1v) is 10.7. The van der Waals surface area contributed by atoms with Crippen LogP contribution in [0.15, 0.2) is 34.9 Å². The standard InChI is InChI=1S/C23H31N3O5/c1-5-10-24-23(28)26-11-9-15-13-19(29-3)20(30-4)14-16(15)21(26)17(6-2)25-22(27)18-8-7-12-31-18/h7-8,12-14,17,21H,5-6,9-11H2,1-4H3,(H,24,28)(H,25,27)/t17-,21-/m1/s1. The third-order valence-corrected chi connectivity index (χ3v) is 5.59. The van der Waals surface area contributed by atoms with E-state index in [0.29, 0.717) is 37.4 Å². The molecule has 0 spiro atoms. The smallest absolute Gasteiger partial charge is 0.317 e. The SMILES string of the molecule is CCCNC(=O)N1CCc2cc(OC)c(OC)cc2[C@@H]1[C@@H](CC)NC(=O)c1ccco1. The van der Waals surface area contributed by atoms with Crippen molar-refractivity contribution >= 4 is 11.9 Å². The summed E-state index contributed by atoms with van der Waals surface area (Å²) in [5.74, 6) is 1.17. The first kappa shape index (κ1) is 22.5. The fourth-order valence-corrected chi connectivity index (χ4v) is 4.02. The average molecular weight is 430 g/mol. The molecule has 2 N–H and O–H groups in total. The zero-order valence-electron chi connectivity index (χ0n) is 18.6. The van der Waals surface area contributed by atoms with Gasteiger partial charge < -0.3 is 29.4 Å². The van der Waals surface area contributed by atoms with Gasteiger partial charge in [-0.1, -0.05) is 13.8 Å². The first-order chi connectivity index (χ1) is 15.0. The summed E-state index contributed by atoms with van der Waals surface area (Å²) in [5, 5.41) is 6.03. The van der Waals surface area contributed by atoms with Gasteiger partial charge in [0, 0.05) is 13.1 Å². The molecule has 3 rings (SSSR count). The average Bonchev–Trinajstić information content (AvgIpc) is 3.34. The number of hydrogen-bond donors (Lipinski definition) is 2. The maximum atomic E-state index is 13.0. The number of nitrogens with one attached hydrogen (secondary N) is 2. The third kappa shape index (κ3) is 4.78. The second-order valence-corrected chi connectivity index (χ2v) is 7.49. The second kappa shape index (κ2) is 10.2. The van der Waals surface area contributed by atoms with Crippen LogP contribution in [0.4, 0.5) is 4.79 Å². The van der Waals surface area contributed by atoms with Gasteiger partial charge in [0.1, 0.15) is 0 Å². The number of amides is 3. The van der Waals surface area contributed by atoms with Crippen molar-refractivity contribution in [2.45, 2.75) is 45.2 Å². The van der Waals surface area contributed by atoms with Crippen LogP contribution in [0.25, 0.3) is 0 Å². The molecule has 1 aliphatic heterocycles. The minimum Gasteiger partial charge on any atom is -0.493 e. The maximum absolute atomic E-state index is 13.0. The lowest BCUT2D eigenvalue weighted by molar-refractivity contribution is 0.0861. The number of nitrogens with zero attached hydrogens (tertiary/aromatic N) is 1. The van der Waals surface area contributed by atoms with Gasteiger partial charge in [0.25, 0.3) is 5.91 Å². The molecule has 0 unspecified atom stereocenters. The predicted octanol–water partition coefficient (Wildman–Crippen LogP) is 3.52. The molecular formula is C23H31N3O5. The van der Waals surface area contributed by atoms with Crippen molar-refractivity contribution in [3.8, 4) is 11.5 Å². The molecule has 0 fully saturated rings. The third-order valence-electron chi connectivity index (χ3n) is 5.59. The molecule has 0 bridgehead atoms. The monoisotopic (exact) mass is 429 g/mol. The molecule has 168 valence electrons. The molecule has 0 aliphatic carbocycles. The highest BCUT2D eigenvalue weighted by Gasteiger charge is 2.37. The summed E-state index contributed by atoms with van der Waals surface area (Å²) < 4.78 is 16.2. The zero-order chi connectivity index (χ0) is 22.4. The number of carbonyl (C=O) groups excluding carboxylic acids is 2. The topological polar surface area (TPSA) is 93.0 Å². The fourth-order valence-electron chi connectivity index (χ4n) is 4.02. The zero-order valence-corrected chi connectivity index (χ0v) is 18.6. The highest BCUT2D eigenvalue weighted by molar-refractivity contribution is 5.91. The number of rotatable bonds is 8. The number of benzene rings is 1. The van der Waals surface area contributed by atoms with Crippen LogP contribution in [0.1, 0.15) is 54.4 Å². The number of hydrogen-bond acceptors (Lipinski definition) is 5. The van der Waals surface area contributed by atoms with Crippen molar-refractivity contribution in [2.24, 2.45) is 0 Å². The Bertz CT molecular complexity index is 897. The van der Waals surface area contributed by atoms with Crippen LogP contribution in [0.5, 0.6) is 11.5 Å². The van der Waals surface area contributed by atoms with Crippen molar-refractivity contribution in [1.82, 2.24) is 15.5 Å². The molecule has 0 saturated carbocycles. The lowest BCUT2D eigenvalue weighted by Crippen LogP contribution is -2.53. The van der Waals surface area contributed by atoms with Crippen LogP contribution in [0.2, 0.25) is 0 Å². The van der Waals surface area contributed by atoms with E-state index in [0.717, 1.165) is 17.5 Å². The van der Waals surface area contributed by atoms with Gasteiger partial charge in [0.05, 0.1) is 32.6 Å². The van der Waals surface area contributed by atoms with E-state index in [1.165, 1.54) is 6.26 Å². The largest absolute Gasteiger partial charge is 0.493 e. The molecule has 3 amide bonds. The number of urea groups is 1. The number of furan rings is 1. The van der Waals surface area contributed by atoms with Crippen molar-refractivity contribution in [2.75, 3.05) is 27.3 Å². The van der Waals surface area contributed by atoms with Gasteiger partial charge in [-0.2, -0.15) is 0 Å². The van der Waals surface area contributed by atoms with Crippen LogP contribution >= 0.6 is 0 Å². The Hall–Kier alpha value is -3.16. The van der Waals surface area contributed by atoms with E-state index in [1.807, 2.05) is 26.0 Å². The van der Waals surface area contributed by atoms with Crippen LogP contribution in [-0.4, -0.2) is 50.2 Å². The van der Waals surface area contributed by atoms with Gasteiger partial charge in [-0.3, -0.25) is 4.79 Å². The van der Waals surface area contributed by atoms with Crippen LogP contribution < -0.4 is 20.1 Å². The molecular weight excluding hydrogens is 398 g/mol. The first-order valence-electron chi connectivity index (χ1n) is 10.7. The highest BCUT2D eigenvalue weighted by Crippen LogP contribution is 2.40. The number of fused-ring (bicyclic) bond motifs is 1. The van der Waals surface area contributed by atoms with Crippen molar-refractivity contribution in [3.63, 3.8) is 0 Å². The summed E-state index contributed by atoms with van der Waals surface area (Å²) >= 11 is 0. The quantitative estimate of drug-likeness (QED) is 0.670. The molecule has 31 heavy (non-hydrogen) atoms. The van der Waals surface area contributed by atoms with Crippen molar-refractivity contribution < 1.29 is 23.5 Å². The summed E-state index contributed by atoms with van der Waals surface area (Å²) in [7, 11) is 3.19. The summed E-state index contributed by atoms with van der Waals surface area (Å²) in [4.78, 5) is 27.6. The van der Waals surface area contributed by atoms with Crippen LogP contribution in [-0.2, 0) is 6.42 Å². The maximum Gasteiger partial charge on any atom is 0.317 e. The van der Waals surface area contributed by atoms with Gasteiger partial charge in [-0.25, -0.2) is 4.79 Å². The Morgan fingerprint density at radius 3 is 2.58 bits per heavy atom. The molecule has 1 aliphatic rings. The Balaban J connectivity index is 2.01. The van der Waals surface area contributed by atoms with Gasteiger partial charge in [-0.05, 0) is 54.7 Å². The van der Waals surface area contributed by atoms with Gasteiger partial charge in [0.2, 0.25) is 0 Å². The van der Waals surface area contributed by atoms with E-state index in [9.17, 15) is 9.59 Å². The summed E-state index contributed by atoms with van der Waals surface area (Å²) in [5.41, 5.74) is 2.02. The molecule has 1 aromatic carbocycles. The normalized spacial score (nSPS) is 16.3.